The van der Waals surface area contributed by atoms with Crippen LogP contribution in [0.25, 0.3) is 6.08 Å². The van der Waals surface area contributed by atoms with Gasteiger partial charge in [0.1, 0.15) is 11.6 Å². The molecule has 2 aromatic rings. The number of anilines is 1. The number of hydrogen-bond acceptors (Lipinski definition) is 5. The molecule has 3 rings (SSSR count). The van der Waals surface area contributed by atoms with Crippen molar-refractivity contribution in [2.75, 3.05) is 19.2 Å². The maximum absolute atomic E-state index is 12.4. The van der Waals surface area contributed by atoms with E-state index in [1.165, 1.54) is 19.3 Å². The van der Waals surface area contributed by atoms with Crippen molar-refractivity contribution in [3.63, 3.8) is 0 Å². The monoisotopic (exact) mass is 390 g/mol. The molecule has 26 heavy (non-hydrogen) atoms. The van der Waals surface area contributed by atoms with Gasteiger partial charge in [0.2, 0.25) is 12.5 Å². The fourth-order valence-electron chi connectivity index (χ4n) is 2.33. The standard InChI is InChI=1S/C18H12Cl2N2O4/c1-24-15-5-10(6-16-17(15)26-9-25-16)4-11(8-21)18(23)22-14-3-2-12(19)7-13(14)20/h2-7H,9H2,1H3,(H,22,23)/b11-4+. The molecule has 8 heteroatoms. The van der Waals surface area contributed by atoms with Crippen molar-refractivity contribution < 1.29 is 19.0 Å². The molecule has 0 spiro atoms. The van der Waals surface area contributed by atoms with E-state index >= 15 is 0 Å². The summed E-state index contributed by atoms with van der Waals surface area (Å²) in [6.45, 7) is 0.0829. The second-order valence-electron chi connectivity index (χ2n) is 5.21. The molecule has 1 heterocycles. The number of halogens is 2. The van der Waals surface area contributed by atoms with Crippen LogP contribution in [0.4, 0.5) is 5.69 Å². The first-order chi connectivity index (χ1) is 12.5. The lowest BCUT2D eigenvalue weighted by molar-refractivity contribution is -0.112. The fourth-order valence-corrected chi connectivity index (χ4v) is 2.78. The average Bonchev–Trinajstić information content (AvgIpc) is 3.09. The Hall–Kier alpha value is -2.88. The van der Waals surface area contributed by atoms with Crippen LogP contribution in [-0.4, -0.2) is 19.8 Å². The molecule has 2 aromatic carbocycles. The minimum absolute atomic E-state index is 0.0829. The molecule has 0 unspecified atom stereocenters. The molecular formula is C18H12Cl2N2O4. The normalized spacial score (nSPS) is 12.5. The second kappa shape index (κ2) is 7.56. The third-order valence-electron chi connectivity index (χ3n) is 3.54. The summed E-state index contributed by atoms with van der Waals surface area (Å²) in [6.07, 6.45) is 1.42. The Labute approximate surface area is 159 Å². The van der Waals surface area contributed by atoms with Crippen LogP contribution in [0.1, 0.15) is 5.56 Å². The molecule has 6 nitrogen and oxygen atoms in total. The number of carbonyl (C=O) groups excluding carboxylic acids is 1. The van der Waals surface area contributed by atoms with Gasteiger partial charge in [0.25, 0.3) is 5.91 Å². The van der Waals surface area contributed by atoms with E-state index in [4.69, 9.17) is 37.4 Å². The molecule has 1 aliphatic heterocycles. The van der Waals surface area contributed by atoms with Crippen molar-refractivity contribution in [3.8, 4) is 23.3 Å². The Kier molecular flexibility index (Phi) is 5.21. The number of benzene rings is 2. The molecule has 1 aliphatic rings. The smallest absolute Gasteiger partial charge is 0.266 e. The van der Waals surface area contributed by atoms with Gasteiger partial charge in [0.05, 0.1) is 17.8 Å². The molecule has 0 saturated carbocycles. The van der Waals surface area contributed by atoms with Gasteiger partial charge in [-0.2, -0.15) is 5.26 Å². The van der Waals surface area contributed by atoms with E-state index in [1.54, 1.807) is 24.3 Å². The van der Waals surface area contributed by atoms with Crippen LogP contribution in [0.2, 0.25) is 10.0 Å². The summed E-state index contributed by atoms with van der Waals surface area (Å²) in [4.78, 5) is 12.4. The summed E-state index contributed by atoms with van der Waals surface area (Å²) in [6, 6.07) is 9.82. The molecular weight excluding hydrogens is 379 g/mol. The number of nitrogens with zero attached hydrogens (tertiary/aromatic N) is 1. The number of ether oxygens (including phenoxy) is 3. The molecule has 0 saturated heterocycles. The Morgan fingerprint density at radius 2 is 2.12 bits per heavy atom. The van der Waals surface area contributed by atoms with Gasteiger partial charge in [-0.3, -0.25) is 4.79 Å². The number of nitrogens with one attached hydrogen (secondary N) is 1. The number of nitriles is 1. The summed E-state index contributed by atoms with van der Waals surface area (Å²) < 4.78 is 15.9. The number of amides is 1. The summed E-state index contributed by atoms with van der Waals surface area (Å²) in [7, 11) is 1.49. The first kappa shape index (κ1) is 17.9. The molecule has 0 aromatic heterocycles. The Morgan fingerprint density at radius 3 is 2.81 bits per heavy atom. The lowest BCUT2D eigenvalue weighted by Crippen LogP contribution is -2.13. The van der Waals surface area contributed by atoms with Gasteiger partial charge >= 0.3 is 0 Å². The zero-order valence-electron chi connectivity index (χ0n) is 13.5. The van der Waals surface area contributed by atoms with Crippen molar-refractivity contribution in [2.24, 2.45) is 0 Å². The summed E-state index contributed by atoms with van der Waals surface area (Å²) in [5.41, 5.74) is 0.794. The number of hydrogen-bond donors (Lipinski definition) is 1. The number of carbonyl (C=O) groups is 1. The Balaban J connectivity index is 1.89. The van der Waals surface area contributed by atoms with Crippen LogP contribution < -0.4 is 19.5 Å². The van der Waals surface area contributed by atoms with E-state index in [-0.39, 0.29) is 17.4 Å². The van der Waals surface area contributed by atoms with Crippen LogP contribution in [0.5, 0.6) is 17.2 Å². The Bertz CT molecular complexity index is 951. The van der Waals surface area contributed by atoms with Crippen LogP contribution in [0.3, 0.4) is 0 Å². The van der Waals surface area contributed by atoms with Gasteiger partial charge in [-0.1, -0.05) is 23.2 Å². The van der Waals surface area contributed by atoms with Crippen molar-refractivity contribution in [1.82, 2.24) is 0 Å². The van der Waals surface area contributed by atoms with Gasteiger partial charge < -0.3 is 19.5 Å². The van der Waals surface area contributed by atoms with E-state index < -0.39 is 5.91 Å². The van der Waals surface area contributed by atoms with E-state index in [9.17, 15) is 10.1 Å². The summed E-state index contributed by atoms with van der Waals surface area (Å²) >= 11 is 11.9. The van der Waals surface area contributed by atoms with Crippen molar-refractivity contribution in [1.29, 1.82) is 5.26 Å². The molecule has 132 valence electrons. The highest BCUT2D eigenvalue weighted by atomic mass is 35.5. The number of rotatable bonds is 4. The highest BCUT2D eigenvalue weighted by molar-refractivity contribution is 6.36. The van der Waals surface area contributed by atoms with Crippen molar-refractivity contribution >= 4 is 40.9 Å². The van der Waals surface area contributed by atoms with Gasteiger partial charge in [0, 0.05) is 5.02 Å². The van der Waals surface area contributed by atoms with E-state index in [2.05, 4.69) is 5.32 Å². The average molecular weight is 391 g/mol. The maximum atomic E-state index is 12.4. The highest BCUT2D eigenvalue weighted by Gasteiger charge is 2.20. The quantitative estimate of drug-likeness (QED) is 0.622. The molecule has 0 atom stereocenters. The van der Waals surface area contributed by atoms with Crippen molar-refractivity contribution in [2.45, 2.75) is 0 Å². The maximum Gasteiger partial charge on any atom is 0.266 e. The number of fused-ring (bicyclic) bond motifs is 1. The van der Waals surface area contributed by atoms with Crippen LogP contribution >= 0.6 is 23.2 Å². The van der Waals surface area contributed by atoms with E-state index in [0.29, 0.717) is 33.5 Å². The lowest BCUT2D eigenvalue weighted by Gasteiger charge is -2.08. The predicted octanol–water partition coefficient (Wildman–Crippen LogP) is 4.28. The SMILES string of the molecule is COc1cc(/C=C(\C#N)C(=O)Nc2ccc(Cl)cc2Cl)cc2c1OCO2. The van der Waals surface area contributed by atoms with Crippen LogP contribution in [0, 0.1) is 11.3 Å². The van der Waals surface area contributed by atoms with E-state index in [0.717, 1.165) is 0 Å². The molecule has 0 fully saturated rings. The zero-order valence-corrected chi connectivity index (χ0v) is 15.0. The topological polar surface area (TPSA) is 80.6 Å². The molecule has 1 N–H and O–H groups in total. The first-order valence-electron chi connectivity index (χ1n) is 7.37. The number of methoxy groups -OCH3 is 1. The minimum atomic E-state index is -0.603. The first-order valence-corrected chi connectivity index (χ1v) is 8.13. The second-order valence-corrected chi connectivity index (χ2v) is 6.05. The molecule has 1 amide bonds. The predicted molar refractivity (Wildman–Crippen MR) is 97.8 cm³/mol. The van der Waals surface area contributed by atoms with E-state index in [1.807, 2.05) is 6.07 Å². The fraction of sp³-hybridized carbons (Fsp3) is 0.111. The molecule has 0 aliphatic carbocycles. The summed E-state index contributed by atoms with van der Waals surface area (Å²) in [5, 5.41) is 12.6. The van der Waals surface area contributed by atoms with Crippen molar-refractivity contribution in [3.05, 3.63) is 51.5 Å². The largest absolute Gasteiger partial charge is 0.493 e. The van der Waals surface area contributed by atoms with Crippen LogP contribution in [0.15, 0.2) is 35.9 Å². The Morgan fingerprint density at radius 1 is 1.31 bits per heavy atom. The lowest BCUT2D eigenvalue weighted by atomic mass is 10.1. The van der Waals surface area contributed by atoms with Gasteiger partial charge in [-0.25, -0.2) is 0 Å². The third kappa shape index (κ3) is 3.69. The summed E-state index contributed by atoms with van der Waals surface area (Å²) in [5.74, 6) is 0.813. The van der Waals surface area contributed by atoms with Gasteiger partial charge in [-0.15, -0.1) is 0 Å². The third-order valence-corrected chi connectivity index (χ3v) is 4.08. The zero-order chi connectivity index (χ0) is 18.7. The molecule has 0 bridgehead atoms. The highest BCUT2D eigenvalue weighted by Crippen LogP contribution is 2.42. The van der Waals surface area contributed by atoms with Gasteiger partial charge in [-0.05, 0) is 42.0 Å². The van der Waals surface area contributed by atoms with Crippen LogP contribution in [-0.2, 0) is 4.79 Å². The van der Waals surface area contributed by atoms with Gasteiger partial charge in [0.15, 0.2) is 11.5 Å². The minimum Gasteiger partial charge on any atom is -0.493 e. The molecule has 0 radical (unpaired) electrons.